The first kappa shape index (κ1) is 9.05. The molecule has 74 valence electrons. The van der Waals surface area contributed by atoms with Crippen LogP contribution in [0.15, 0.2) is 24.5 Å². The zero-order valence-electron chi connectivity index (χ0n) is 7.34. The Labute approximate surface area is 78.0 Å². The Balaban J connectivity index is 2.66. The van der Waals surface area contributed by atoms with Crippen LogP contribution in [-0.4, -0.2) is 9.61 Å². The minimum Gasteiger partial charge on any atom is -0.241 e. The number of nitrogens with zero attached hydrogens (tertiary/aromatic N) is 2. The molecule has 0 aliphatic carbocycles. The van der Waals surface area contributed by atoms with Gasteiger partial charge in [0, 0.05) is 6.20 Å². The van der Waals surface area contributed by atoms with Crippen molar-refractivity contribution in [2.24, 2.45) is 0 Å². The van der Waals surface area contributed by atoms with E-state index in [1.165, 1.54) is 16.9 Å². The van der Waals surface area contributed by atoms with Crippen LogP contribution in [0, 0.1) is 6.92 Å². The lowest BCUT2D eigenvalue weighted by Crippen LogP contribution is -2.05. The highest BCUT2D eigenvalue weighted by molar-refractivity contribution is 5.54. The van der Waals surface area contributed by atoms with E-state index in [1.807, 2.05) is 0 Å². The lowest BCUT2D eigenvalue weighted by molar-refractivity contribution is -0.137. The third-order valence-electron chi connectivity index (χ3n) is 2.04. The number of aryl methyl sites for hydroxylation is 1. The number of rotatable bonds is 0. The summed E-state index contributed by atoms with van der Waals surface area (Å²) in [5.41, 5.74) is 0.574. The molecule has 0 saturated carbocycles. The van der Waals surface area contributed by atoms with E-state index in [9.17, 15) is 13.2 Å². The third-order valence-corrected chi connectivity index (χ3v) is 2.04. The van der Waals surface area contributed by atoms with Crippen molar-refractivity contribution < 1.29 is 13.2 Å². The molecule has 0 saturated heterocycles. The van der Waals surface area contributed by atoms with E-state index < -0.39 is 11.7 Å². The highest BCUT2D eigenvalue weighted by Crippen LogP contribution is 2.30. The van der Waals surface area contributed by atoms with Crippen molar-refractivity contribution >= 4 is 5.52 Å². The molecule has 14 heavy (non-hydrogen) atoms. The van der Waals surface area contributed by atoms with Gasteiger partial charge in [0.15, 0.2) is 0 Å². The average molecular weight is 200 g/mol. The van der Waals surface area contributed by atoms with E-state index >= 15 is 0 Å². The molecule has 0 radical (unpaired) electrons. The molecule has 0 amide bonds. The maximum absolute atomic E-state index is 12.3. The lowest BCUT2D eigenvalue weighted by atomic mass is 10.2. The van der Waals surface area contributed by atoms with Gasteiger partial charge in [0.25, 0.3) is 0 Å². The molecule has 2 aromatic heterocycles. The van der Waals surface area contributed by atoms with Gasteiger partial charge in [-0.2, -0.15) is 18.3 Å². The molecule has 0 aliphatic heterocycles. The first-order valence-corrected chi connectivity index (χ1v) is 3.99. The SMILES string of the molecule is Cc1cnn2ccc(C(F)(F)F)cc12. The number of aromatic nitrogens is 2. The van der Waals surface area contributed by atoms with E-state index in [0.717, 1.165) is 17.7 Å². The predicted molar refractivity (Wildman–Crippen MR) is 44.9 cm³/mol. The Morgan fingerprint density at radius 1 is 1.36 bits per heavy atom. The molecule has 2 rings (SSSR count). The summed E-state index contributed by atoms with van der Waals surface area (Å²) in [6.07, 6.45) is -1.45. The molecule has 0 aromatic carbocycles. The number of hydrogen-bond acceptors (Lipinski definition) is 1. The van der Waals surface area contributed by atoms with Gasteiger partial charge in [-0.1, -0.05) is 0 Å². The molecule has 2 aromatic rings. The summed E-state index contributed by atoms with van der Waals surface area (Å²) < 4.78 is 38.4. The Bertz CT molecular complexity index is 470. The standard InChI is InChI=1S/C9H7F3N2/c1-6-5-13-14-3-2-7(4-8(6)14)9(10,11)12/h2-5H,1H3. The van der Waals surface area contributed by atoms with E-state index in [2.05, 4.69) is 5.10 Å². The lowest BCUT2D eigenvalue weighted by Gasteiger charge is -2.06. The van der Waals surface area contributed by atoms with Crippen LogP contribution in [-0.2, 0) is 6.18 Å². The fourth-order valence-corrected chi connectivity index (χ4v) is 1.28. The molecule has 0 fully saturated rings. The molecule has 0 unspecified atom stereocenters. The molecule has 0 spiro atoms. The molecule has 2 nitrogen and oxygen atoms in total. The molecule has 2 heterocycles. The topological polar surface area (TPSA) is 17.3 Å². The van der Waals surface area contributed by atoms with Crippen LogP contribution in [0.2, 0.25) is 0 Å². The largest absolute Gasteiger partial charge is 0.416 e. The van der Waals surface area contributed by atoms with E-state index in [4.69, 9.17) is 0 Å². The maximum Gasteiger partial charge on any atom is 0.416 e. The van der Waals surface area contributed by atoms with Crippen molar-refractivity contribution in [3.63, 3.8) is 0 Å². The summed E-state index contributed by atoms with van der Waals surface area (Å²) in [6, 6.07) is 2.11. The second-order valence-electron chi connectivity index (χ2n) is 3.07. The van der Waals surface area contributed by atoms with Crippen LogP contribution in [0.3, 0.4) is 0 Å². The van der Waals surface area contributed by atoms with Gasteiger partial charge in [-0.15, -0.1) is 0 Å². The summed E-state index contributed by atoms with van der Waals surface area (Å²) >= 11 is 0. The first-order chi connectivity index (χ1) is 6.48. The van der Waals surface area contributed by atoms with Gasteiger partial charge < -0.3 is 0 Å². The fourth-order valence-electron chi connectivity index (χ4n) is 1.28. The third kappa shape index (κ3) is 1.34. The number of hydrogen-bond donors (Lipinski definition) is 0. The predicted octanol–water partition coefficient (Wildman–Crippen LogP) is 2.66. The van der Waals surface area contributed by atoms with Gasteiger partial charge in [0.1, 0.15) is 0 Å². The average Bonchev–Trinajstić information content (AvgIpc) is 2.46. The van der Waals surface area contributed by atoms with Crippen molar-refractivity contribution in [3.8, 4) is 0 Å². The van der Waals surface area contributed by atoms with Gasteiger partial charge in [0.05, 0.1) is 17.3 Å². The van der Waals surface area contributed by atoms with Crippen molar-refractivity contribution in [3.05, 3.63) is 35.7 Å². The monoisotopic (exact) mass is 200 g/mol. The van der Waals surface area contributed by atoms with Crippen molar-refractivity contribution in [1.29, 1.82) is 0 Å². The van der Waals surface area contributed by atoms with Crippen LogP contribution < -0.4 is 0 Å². The molecule has 0 atom stereocenters. The number of fused-ring (bicyclic) bond motifs is 1. The van der Waals surface area contributed by atoms with Crippen LogP contribution in [0.5, 0.6) is 0 Å². The minimum absolute atomic E-state index is 0.486. The van der Waals surface area contributed by atoms with Crippen molar-refractivity contribution in [1.82, 2.24) is 9.61 Å². The summed E-state index contributed by atoms with van der Waals surface area (Å²) in [5, 5.41) is 3.89. The Morgan fingerprint density at radius 2 is 2.07 bits per heavy atom. The van der Waals surface area contributed by atoms with Crippen molar-refractivity contribution in [2.75, 3.05) is 0 Å². The summed E-state index contributed by atoms with van der Waals surface area (Å²) in [7, 11) is 0. The fraction of sp³-hybridized carbons (Fsp3) is 0.222. The van der Waals surface area contributed by atoms with Gasteiger partial charge in [0.2, 0.25) is 0 Å². The highest BCUT2D eigenvalue weighted by Gasteiger charge is 2.30. The zero-order chi connectivity index (χ0) is 10.3. The number of pyridine rings is 1. The molecular formula is C9H7F3N2. The second kappa shape index (κ2) is 2.73. The van der Waals surface area contributed by atoms with Gasteiger partial charge in [-0.05, 0) is 24.6 Å². The van der Waals surface area contributed by atoms with Crippen LogP contribution in [0.25, 0.3) is 5.52 Å². The Morgan fingerprint density at radius 3 is 2.71 bits per heavy atom. The summed E-state index contributed by atoms with van der Waals surface area (Å²) in [6.45, 7) is 1.72. The van der Waals surface area contributed by atoms with Gasteiger partial charge >= 0.3 is 6.18 Å². The maximum atomic E-state index is 12.3. The van der Waals surface area contributed by atoms with Crippen molar-refractivity contribution in [2.45, 2.75) is 13.1 Å². The highest BCUT2D eigenvalue weighted by atomic mass is 19.4. The molecule has 0 bridgehead atoms. The molecular weight excluding hydrogens is 193 g/mol. The molecule has 5 heteroatoms. The van der Waals surface area contributed by atoms with Gasteiger partial charge in [-0.3, -0.25) is 0 Å². The number of halogens is 3. The minimum atomic E-state index is -4.29. The first-order valence-electron chi connectivity index (χ1n) is 3.99. The zero-order valence-corrected chi connectivity index (χ0v) is 7.34. The molecule has 0 aliphatic rings. The quantitative estimate of drug-likeness (QED) is 0.639. The smallest absolute Gasteiger partial charge is 0.241 e. The van der Waals surface area contributed by atoms with Gasteiger partial charge in [-0.25, -0.2) is 4.52 Å². The molecule has 0 N–H and O–H groups in total. The van der Waals surface area contributed by atoms with E-state index in [1.54, 1.807) is 6.92 Å². The second-order valence-corrected chi connectivity index (χ2v) is 3.07. The van der Waals surface area contributed by atoms with Crippen LogP contribution in [0.1, 0.15) is 11.1 Å². The van der Waals surface area contributed by atoms with Crippen LogP contribution in [0.4, 0.5) is 13.2 Å². The summed E-state index contributed by atoms with van der Waals surface area (Å²) in [5.74, 6) is 0. The Hall–Kier alpha value is -1.52. The Kier molecular flexibility index (Phi) is 1.77. The number of alkyl halides is 3. The summed E-state index contributed by atoms with van der Waals surface area (Å²) in [4.78, 5) is 0. The van der Waals surface area contributed by atoms with E-state index in [0.29, 0.717) is 5.52 Å². The normalized spacial score (nSPS) is 12.3. The van der Waals surface area contributed by atoms with Crippen LogP contribution >= 0.6 is 0 Å². The van der Waals surface area contributed by atoms with E-state index in [-0.39, 0.29) is 0 Å².